The Morgan fingerprint density at radius 1 is 1.36 bits per heavy atom. The Kier molecular flexibility index (Phi) is 2.73. The topological polar surface area (TPSA) is 40.5 Å². The summed E-state index contributed by atoms with van der Waals surface area (Å²) in [5.41, 5.74) is 1.02. The van der Waals surface area contributed by atoms with Crippen LogP contribution in [-0.2, 0) is 6.42 Å². The SMILES string of the molecule is Oc1cccc(CC(O)C2CCC2)c1. The molecule has 1 atom stereocenters. The largest absolute Gasteiger partial charge is 0.508 e. The standard InChI is InChI=1S/C12H16O2/c13-11-6-1-3-9(7-11)8-12(14)10-4-2-5-10/h1,3,6-7,10,12-14H,2,4-5,8H2. The molecule has 76 valence electrons. The number of aliphatic hydroxyl groups is 1. The van der Waals surface area contributed by atoms with Crippen LogP contribution in [0.25, 0.3) is 0 Å². The Labute approximate surface area is 84.2 Å². The molecule has 1 aromatic rings. The minimum absolute atomic E-state index is 0.231. The summed E-state index contributed by atoms with van der Waals surface area (Å²) in [5.74, 6) is 0.764. The molecule has 0 bridgehead atoms. The van der Waals surface area contributed by atoms with E-state index in [1.807, 2.05) is 12.1 Å². The van der Waals surface area contributed by atoms with Crippen molar-refractivity contribution in [1.82, 2.24) is 0 Å². The normalized spacial score (nSPS) is 18.9. The first kappa shape index (κ1) is 9.53. The Morgan fingerprint density at radius 2 is 2.14 bits per heavy atom. The average Bonchev–Trinajstić information content (AvgIpc) is 1.99. The Hall–Kier alpha value is -1.02. The molecular weight excluding hydrogens is 176 g/mol. The minimum atomic E-state index is -0.231. The number of rotatable bonds is 3. The summed E-state index contributed by atoms with van der Waals surface area (Å²) in [5, 5.41) is 19.1. The van der Waals surface area contributed by atoms with Crippen LogP contribution in [0, 0.1) is 5.92 Å². The number of aliphatic hydroxyl groups excluding tert-OH is 1. The van der Waals surface area contributed by atoms with Gasteiger partial charge in [-0.05, 0) is 42.9 Å². The third kappa shape index (κ3) is 2.07. The van der Waals surface area contributed by atoms with Gasteiger partial charge in [-0.3, -0.25) is 0 Å². The van der Waals surface area contributed by atoms with Gasteiger partial charge in [-0.25, -0.2) is 0 Å². The van der Waals surface area contributed by atoms with Crippen molar-refractivity contribution < 1.29 is 10.2 Å². The molecule has 0 radical (unpaired) electrons. The molecule has 1 fully saturated rings. The fourth-order valence-corrected chi connectivity index (χ4v) is 1.92. The van der Waals surface area contributed by atoms with Gasteiger partial charge < -0.3 is 10.2 Å². The lowest BCUT2D eigenvalue weighted by Crippen LogP contribution is -2.28. The van der Waals surface area contributed by atoms with Crippen molar-refractivity contribution in [3.63, 3.8) is 0 Å². The number of benzene rings is 1. The molecule has 1 aliphatic rings. The maximum Gasteiger partial charge on any atom is 0.115 e. The van der Waals surface area contributed by atoms with Crippen LogP contribution in [0.3, 0.4) is 0 Å². The monoisotopic (exact) mass is 192 g/mol. The predicted molar refractivity (Wildman–Crippen MR) is 55.2 cm³/mol. The van der Waals surface area contributed by atoms with Crippen LogP contribution in [0.1, 0.15) is 24.8 Å². The van der Waals surface area contributed by atoms with Crippen LogP contribution in [-0.4, -0.2) is 16.3 Å². The third-order valence-electron chi connectivity index (χ3n) is 3.05. The lowest BCUT2D eigenvalue weighted by molar-refractivity contribution is 0.0630. The van der Waals surface area contributed by atoms with Crippen LogP contribution in [0.15, 0.2) is 24.3 Å². The van der Waals surface area contributed by atoms with Crippen molar-refractivity contribution in [2.45, 2.75) is 31.8 Å². The second-order valence-corrected chi connectivity index (χ2v) is 4.13. The zero-order valence-corrected chi connectivity index (χ0v) is 8.19. The highest BCUT2D eigenvalue weighted by molar-refractivity contribution is 5.27. The first-order chi connectivity index (χ1) is 6.75. The fraction of sp³-hybridized carbons (Fsp3) is 0.500. The summed E-state index contributed by atoms with van der Waals surface area (Å²) in [6.45, 7) is 0. The first-order valence-electron chi connectivity index (χ1n) is 5.21. The van der Waals surface area contributed by atoms with E-state index in [2.05, 4.69) is 0 Å². The van der Waals surface area contributed by atoms with Crippen molar-refractivity contribution in [3.05, 3.63) is 29.8 Å². The lowest BCUT2D eigenvalue weighted by atomic mass is 9.79. The van der Waals surface area contributed by atoms with E-state index >= 15 is 0 Å². The molecule has 1 saturated carbocycles. The van der Waals surface area contributed by atoms with Gasteiger partial charge in [-0.2, -0.15) is 0 Å². The lowest BCUT2D eigenvalue weighted by Gasteiger charge is -2.30. The van der Waals surface area contributed by atoms with Gasteiger partial charge in [0.2, 0.25) is 0 Å². The van der Waals surface area contributed by atoms with Crippen molar-refractivity contribution in [1.29, 1.82) is 0 Å². The number of hydrogen-bond acceptors (Lipinski definition) is 2. The van der Waals surface area contributed by atoms with Gasteiger partial charge in [0.05, 0.1) is 6.10 Å². The number of hydrogen-bond donors (Lipinski definition) is 2. The van der Waals surface area contributed by atoms with Crippen LogP contribution in [0.5, 0.6) is 5.75 Å². The summed E-state index contributed by atoms with van der Waals surface area (Å²) >= 11 is 0. The molecule has 2 N–H and O–H groups in total. The highest BCUT2D eigenvalue weighted by Gasteiger charge is 2.25. The number of aromatic hydroxyl groups is 1. The molecular formula is C12H16O2. The van der Waals surface area contributed by atoms with Gasteiger partial charge in [-0.1, -0.05) is 18.6 Å². The van der Waals surface area contributed by atoms with Gasteiger partial charge in [0.1, 0.15) is 5.75 Å². The quantitative estimate of drug-likeness (QED) is 0.770. The third-order valence-corrected chi connectivity index (χ3v) is 3.05. The van der Waals surface area contributed by atoms with Crippen LogP contribution in [0.4, 0.5) is 0 Å². The van der Waals surface area contributed by atoms with Crippen LogP contribution in [0.2, 0.25) is 0 Å². The number of phenols is 1. The van der Waals surface area contributed by atoms with Gasteiger partial charge in [-0.15, -0.1) is 0 Å². The number of phenolic OH excluding ortho intramolecular Hbond substituents is 1. The Balaban J connectivity index is 1.95. The van der Waals surface area contributed by atoms with Crippen molar-refractivity contribution in [2.24, 2.45) is 5.92 Å². The molecule has 0 heterocycles. The van der Waals surface area contributed by atoms with Gasteiger partial charge >= 0.3 is 0 Å². The van der Waals surface area contributed by atoms with Gasteiger partial charge in [0.15, 0.2) is 0 Å². The Morgan fingerprint density at radius 3 is 2.71 bits per heavy atom. The van der Waals surface area contributed by atoms with E-state index in [1.165, 1.54) is 6.42 Å². The molecule has 0 saturated heterocycles. The van der Waals surface area contributed by atoms with Gasteiger partial charge in [0.25, 0.3) is 0 Å². The molecule has 2 heteroatoms. The molecule has 1 unspecified atom stereocenters. The van der Waals surface area contributed by atoms with E-state index in [0.717, 1.165) is 18.4 Å². The van der Waals surface area contributed by atoms with E-state index in [0.29, 0.717) is 12.3 Å². The molecule has 0 aromatic heterocycles. The van der Waals surface area contributed by atoms with E-state index in [1.54, 1.807) is 12.1 Å². The first-order valence-corrected chi connectivity index (χ1v) is 5.21. The van der Waals surface area contributed by atoms with Crippen molar-refractivity contribution >= 4 is 0 Å². The van der Waals surface area contributed by atoms with E-state index in [9.17, 15) is 10.2 Å². The summed E-state index contributed by atoms with van der Waals surface area (Å²) in [7, 11) is 0. The smallest absolute Gasteiger partial charge is 0.115 e. The summed E-state index contributed by atoms with van der Waals surface area (Å²) < 4.78 is 0. The molecule has 0 amide bonds. The maximum atomic E-state index is 9.83. The van der Waals surface area contributed by atoms with Crippen LogP contribution < -0.4 is 0 Å². The fourth-order valence-electron chi connectivity index (χ4n) is 1.92. The Bertz CT molecular complexity index is 305. The summed E-state index contributed by atoms with van der Waals surface area (Å²) in [6, 6.07) is 7.14. The molecule has 1 aliphatic carbocycles. The molecule has 1 aromatic carbocycles. The van der Waals surface area contributed by atoms with E-state index in [-0.39, 0.29) is 11.9 Å². The van der Waals surface area contributed by atoms with Crippen molar-refractivity contribution in [2.75, 3.05) is 0 Å². The highest BCUT2D eigenvalue weighted by atomic mass is 16.3. The molecule has 0 aliphatic heterocycles. The second-order valence-electron chi connectivity index (χ2n) is 4.13. The molecule has 0 spiro atoms. The minimum Gasteiger partial charge on any atom is -0.508 e. The average molecular weight is 192 g/mol. The second kappa shape index (κ2) is 4.01. The summed E-state index contributed by atoms with van der Waals surface area (Å²) in [6.07, 6.45) is 3.99. The molecule has 14 heavy (non-hydrogen) atoms. The van der Waals surface area contributed by atoms with Crippen LogP contribution >= 0.6 is 0 Å². The van der Waals surface area contributed by atoms with Gasteiger partial charge in [0, 0.05) is 0 Å². The summed E-state index contributed by atoms with van der Waals surface area (Å²) in [4.78, 5) is 0. The predicted octanol–water partition coefficient (Wildman–Crippen LogP) is 2.10. The van der Waals surface area contributed by atoms with E-state index < -0.39 is 0 Å². The molecule has 2 nitrogen and oxygen atoms in total. The van der Waals surface area contributed by atoms with E-state index in [4.69, 9.17) is 0 Å². The molecule has 2 rings (SSSR count). The van der Waals surface area contributed by atoms with Crippen molar-refractivity contribution in [3.8, 4) is 5.75 Å². The zero-order chi connectivity index (χ0) is 9.97. The highest BCUT2D eigenvalue weighted by Crippen LogP contribution is 2.31. The zero-order valence-electron chi connectivity index (χ0n) is 8.19. The maximum absolute atomic E-state index is 9.83.